The molecule has 0 unspecified atom stereocenters. The summed E-state index contributed by atoms with van der Waals surface area (Å²) in [7, 11) is -3.98. The van der Waals surface area contributed by atoms with E-state index in [0.717, 1.165) is 24.3 Å². The van der Waals surface area contributed by atoms with E-state index in [1.54, 1.807) is 13.8 Å². The zero-order chi connectivity index (χ0) is 16.2. The number of hydrogen-bond acceptors (Lipinski definition) is 5. The molecular formula is C12H15ClN2O5S. The van der Waals surface area contributed by atoms with Gasteiger partial charge in [0.15, 0.2) is 0 Å². The second kappa shape index (κ2) is 6.97. The minimum atomic E-state index is -3.98. The molecule has 116 valence electrons. The fraction of sp³-hybridized carbons (Fsp3) is 0.417. The first-order valence-electron chi connectivity index (χ1n) is 6.15. The average molecular weight is 335 g/mol. The van der Waals surface area contributed by atoms with Gasteiger partial charge in [0.1, 0.15) is 0 Å². The molecule has 1 aromatic carbocycles. The van der Waals surface area contributed by atoms with Crippen LogP contribution in [0.4, 0.5) is 5.69 Å². The molecule has 0 aliphatic heterocycles. The van der Waals surface area contributed by atoms with Crippen molar-refractivity contribution >= 4 is 32.6 Å². The Balaban J connectivity index is 3.04. The summed E-state index contributed by atoms with van der Waals surface area (Å²) < 4.78 is 26.5. The molecule has 1 N–H and O–H groups in total. The van der Waals surface area contributed by atoms with Crippen LogP contribution in [0.3, 0.4) is 0 Å². The van der Waals surface area contributed by atoms with Gasteiger partial charge in [-0.25, -0.2) is 8.42 Å². The molecule has 0 spiro atoms. The Morgan fingerprint density at radius 1 is 1.38 bits per heavy atom. The van der Waals surface area contributed by atoms with Crippen LogP contribution >= 0.6 is 11.6 Å². The lowest BCUT2D eigenvalue weighted by atomic mass is 10.0. The normalized spacial score (nSPS) is 14.4. The predicted octanol–water partition coefficient (Wildman–Crippen LogP) is 2.05. The maximum absolute atomic E-state index is 12.2. The van der Waals surface area contributed by atoms with E-state index in [4.69, 9.17) is 11.6 Å². The Morgan fingerprint density at radius 2 is 1.90 bits per heavy atom. The quantitative estimate of drug-likeness (QED) is 0.466. The van der Waals surface area contributed by atoms with Gasteiger partial charge in [-0.15, -0.1) is 0 Å². The fourth-order valence-electron chi connectivity index (χ4n) is 1.60. The minimum Gasteiger partial charge on any atom is -0.279 e. The molecule has 9 heteroatoms. The van der Waals surface area contributed by atoms with Gasteiger partial charge in [-0.2, -0.15) is 4.72 Å². The topological polar surface area (TPSA) is 106 Å². The predicted molar refractivity (Wildman–Crippen MR) is 77.5 cm³/mol. The number of benzene rings is 1. The van der Waals surface area contributed by atoms with E-state index in [-0.39, 0.29) is 16.5 Å². The zero-order valence-electron chi connectivity index (χ0n) is 11.4. The summed E-state index contributed by atoms with van der Waals surface area (Å²) in [6.07, 6.45) is 0.561. The van der Waals surface area contributed by atoms with Gasteiger partial charge >= 0.3 is 0 Å². The molecule has 0 aliphatic rings. The van der Waals surface area contributed by atoms with Crippen LogP contribution in [-0.2, 0) is 14.8 Å². The Kier molecular flexibility index (Phi) is 5.82. The summed E-state index contributed by atoms with van der Waals surface area (Å²) in [6.45, 7) is 3.50. The monoisotopic (exact) mass is 334 g/mol. The number of nitro benzene ring substituents is 1. The van der Waals surface area contributed by atoms with Crippen molar-refractivity contribution in [3.63, 3.8) is 0 Å². The maximum Gasteiger partial charge on any atom is 0.269 e. The van der Waals surface area contributed by atoms with Gasteiger partial charge in [-0.05, 0) is 29.7 Å². The summed E-state index contributed by atoms with van der Waals surface area (Å²) >= 11 is 5.42. The van der Waals surface area contributed by atoms with E-state index in [2.05, 4.69) is 4.72 Å². The van der Waals surface area contributed by atoms with Gasteiger partial charge in [-0.1, -0.05) is 20.3 Å². The van der Waals surface area contributed by atoms with Crippen LogP contribution in [0.5, 0.6) is 0 Å². The highest BCUT2D eigenvalue weighted by atomic mass is 35.5. The molecular weight excluding hydrogens is 320 g/mol. The number of carbonyl (C=O) groups is 1. The van der Waals surface area contributed by atoms with Crippen LogP contribution in [0, 0.1) is 16.0 Å². The smallest absolute Gasteiger partial charge is 0.269 e. The van der Waals surface area contributed by atoms with Crippen molar-refractivity contribution in [2.24, 2.45) is 5.92 Å². The fourth-order valence-corrected chi connectivity index (χ4v) is 3.24. The Labute approximate surface area is 127 Å². The molecule has 0 amide bonds. The van der Waals surface area contributed by atoms with E-state index >= 15 is 0 Å². The summed E-state index contributed by atoms with van der Waals surface area (Å²) in [5.74, 6) is -0.275. The highest BCUT2D eigenvalue weighted by Gasteiger charge is 2.28. The van der Waals surface area contributed by atoms with E-state index < -0.39 is 26.2 Å². The van der Waals surface area contributed by atoms with Gasteiger partial charge in [0.2, 0.25) is 15.3 Å². The standard InChI is InChI=1S/C12H15ClN2O5S/c1-3-8(2)11(12(13)16)14-21(19,20)10-6-4-9(5-7-10)15(17)18/h4-8,11,14H,3H2,1-2H3/t8-,11-/m0/s1. The van der Waals surface area contributed by atoms with Gasteiger partial charge < -0.3 is 0 Å². The molecule has 0 aliphatic carbocycles. The summed E-state index contributed by atoms with van der Waals surface area (Å²) in [5, 5.41) is 9.74. The lowest BCUT2D eigenvalue weighted by Gasteiger charge is -2.20. The second-order valence-corrected chi connectivity index (χ2v) is 6.63. The second-order valence-electron chi connectivity index (χ2n) is 4.54. The highest BCUT2D eigenvalue weighted by molar-refractivity contribution is 7.89. The lowest BCUT2D eigenvalue weighted by molar-refractivity contribution is -0.384. The third-order valence-electron chi connectivity index (χ3n) is 3.10. The highest BCUT2D eigenvalue weighted by Crippen LogP contribution is 2.18. The molecule has 1 rings (SSSR count). The number of carbonyl (C=O) groups excluding carboxylic acids is 1. The molecule has 2 atom stereocenters. The summed E-state index contributed by atoms with van der Waals surface area (Å²) in [4.78, 5) is 21.1. The van der Waals surface area contributed by atoms with E-state index in [0.29, 0.717) is 6.42 Å². The molecule has 0 radical (unpaired) electrons. The molecule has 0 fully saturated rings. The van der Waals surface area contributed by atoms with Crippen molar-refractivity contribution in [2.45, 2.75) is 31.2 Å². The Morgan fingerprint density at radius 3 is 2.29 bits per heavy atom. The summed E-state index contributed by atoms with van der Waals surface area (Å²) in [5.41, 5.74) is -0.221. The molecule has 0 heterocycles. The third kappa shape index (κ3) is 4.48. The SMILES string of the molecule is CC[C@H](C)[C@H](NS(=O)(=O)c1ccc([N+](=O)[O-])cc1)C(=O)Cl. The van der Waals surface area contributed by atoms with Gasteiger partial charge in [-0.3, -0.25) is 14.9 Å². The minimum absolute atomic E-state index is 0.167. The van der Waals surface area contributed by atoms with Crippen molar-refractivity contribution in [1.82, 2.24) is 4.72 Å². The van der Waals surface area contributed by atoms with E-state index in [1.165, 1.54) is 0 Å². The van der Waals surface area contributed by atoms with Crippen LogP contribution in [0.25, 0.3) is 0 Å². The van der Waals surface area contributed by atoms with Crippen molar-refractivity contribution in [2.75, 3.05) is 0 Å². The third-order valence-corrected chi connectivity index (χ3v) is 4.79. The largest absolute Gasteiger partial charge is 0.279 e. The number of non-ortho nitro benzene ring substituents is 1. The van der Waals surface area contributed by atoms with Crippen molar-refractivity contribution in [3.8, 4) is 0 Å². The molecule has 1 aromatic rings. The first-order chi connectivity index (χ1) is 9.69. The van der Waals surface area contributed by atoms with Gasteiger partial charge in [0.05, 0.1) is 15.9 Å². The first kappa shape index (κ1) is 17.5. The van der Waals surface area contributed by atoms with Crippen LogP contribution < -0.4 is 4.72 Å². The van der Waals surface area contributed by atoms with Crippen molar-refractivity contribution < 1.29 is 18.1 Å². The lowest BCUT2D eigenvalue weighted by Crippen LogP contribution is -2.43. The molecule has 0 bridgehead atoms. The molecule has 0 aromatic heterocycles. The Bertz CT molecular complexity index is 630. The molecule has 21 heavy (non-hydrogen) atoms. The van der Waals surface area contributed by atoms with Crippen LogP contribution in [0.2, 0.25) is 0 Å². The number of nitrogens with zero attached hydrogens (tertiary/aromatic N) is 1. The van der Waals surface area contributed by atoms with Crippen molar-refractivity contribution in [3.05, 3.63) is 34.4 Å². The number of sulfonamides is 1. The van der Waals surface area contributed by atoms with E-state index in [9.17, 15) is 23.3 Å². The number of nitro groups is 1. The first-order valence-corrected chi connectivity index (χ1v) is 8.01. The van der Waals surface area contributed by atoms with Crippen LogP contribution in [-0.4, -0.2) is 24.6 Å². The Hall–Kier alpha value is -1.51. The van der Waals surface area contributed by atoms with Crippen LogP contribution in [0.1, 0.15) is 20.3 Å². The number of hydrogen-bond donors (Lipinski definition) is 1. The number of halogens is 1. The molecule has 0 saturated heterocycles. The number of rotatable bonds is 7. The van der Waals surface area contributed by atoms with Crippen LogP contribution in [0.15, 0.2) is 29.2 Å². The van der Waals surface area contributed by atoms with Gasteiger partial charge in [0, 0.05) is 12.1 Å². The zero-order valence-corrected chi connectivity index (χ0v) is 13.0. The molecule has 7 nitrogen and oxygen atoms in total. The molecule has 0 saturated carbocycles. The van der Waals surface area contributed by atoms with Crippen molar-refractivity contribution in [1.29, 1.82) is 0 Å². The van der Waals surface area contributed by atoms with E-state index in [1.807, 2.05) is 0 Å². The van der Waals surface area contributed by atoms with Gasteiger partial charge in [0.25, 0.3) is 5.69 Å². The summed E-state index contributed by atoms with van der Waals surface area (Å²) in [6, 6.07) is 3.32. The maximum atomic E-state index is 12.2. The average Bonchev–Trinajstić information content (AvgIpc) is 2.43. The number of nitrogens with one attached hydrogen (secondary N) is 1.